The minimum atomic E-state index is -0.0163. The standard InChI is InChI=1S/C12H16N2O/c13-12-9-4-2-6-14(9)7-8-3-1-5-10(15)11(8)12/h1,3,5,9,12,15H,2,4,6-7,13H2. The lowest BCUT2D eigenvalue weighted by Gasteiger charge is -2.36. The van der Waals surface area contributed by atoms with E-state index < -0.39 is 0 Å². The van der Waals surface area contributed by atoms with Gasteiger partial charge >= 0.3 is 0 Å². The molecule has 1 saturated heterocycles. The molecule has 2 unspecified atom stereocenters. The Kier molecular flexibility index (Phi) is 1.97. The molecule has 0 aromatic heterocycles. The molecule has 0 aliphatic carbocycles. The van der Waals surface area contributed by atoms with Crippen molar-refractivity contribution in [2.45, 2.75) is 31.5 Å². The number of hydrogen-bond acceptors (Lipinski definition) is 3. The Hall–Kier alpha value is -1.06. The van der Waals surface area contributed by atoms with Gasteiger partial charge in [0, 0.05) is 24.2 Å². The van der Waals surface area contributed by atoms with Crippen molar-refractivity contribution < 1.29 is 5.11 Å². The van der Waals surface area contributed by atoms with E-state index in [9.17, 15) is 5.11 Å². The third-order valence-electron chi connectivity index (χ3n) is 3.71. The number of benzene rings is 1. The number of aromatic hydroxyl groups is 1. The average molecular weight is 204 g/mol. The van der Waals surface area contributed by atoms with Crippen molar-refractivity contribution in [2.24, 2.45) is 5.73 Å². The second-order valence-corrected chi connectivity index (χ2v) is 4.56. The Bertz CT molecular complexity index is 391. The van der Waals surface area contributed by atoms with Gasteiger partial charge in [0.1, 0.15) is 5.75 Å². The van der Waals surface area contributed by atoms with Gasteiger partial charge in [-0.2, -0.15) is 0 Å². The molecule has 1 fully saturated rings. The molecule has 3 rings (SSSR count). The highest BCUT2D eigenvalue weighted by Crippen LogP contribution is 2.39. The van der Waals surface area contributed by atoms with Crippen LogP contribution < -0.4 is 5.73 Å². The Balaban J connectivity index is 2.08. The van der Waals surface area contributed by atoms with Crippen LogP contribution in [0.3, 0.4) is 0 Å². The third-order valence-corrected chi connectivity index (χ3v) is 3.71. The first-order valence-electron chi connectivity index (χ1n) is 5.58. The fourth-order valence-electron chi connectivity index (χ4n) is 2.99. The van der Waals surface area contributed by atoms with Gasteiger partial charge < -0.3 is 10.8 Å². The second-order valence-electron chi connectivity index (χ2n) is 4.56. The summed E-state index contributed by atoms with van der Waals surface area (Å²) in [4.78, 5) is 2.44. The molecule has 2 heterocycles. The molecule has 0 radical (unpaired) electrons. The molecule has 1 aromatic carbocycles. The van der Waals surface area contributed by atoms with Crippen molar-refractivity contribution >= 4 is 0 Å². The van der Waals surface area contributed by atoms with Crippen molar-refractivity contribution in [1.82, 2.24) is 4.90 Å². The molecule has 2 aliphatic heterocycles. The van der Waals surface area contributed by atoms with Gasteiger partial charge in [-0.1, -0.05) is 12.1 Å². The molecule has 0 bridgehead atoms. The lowest BCUT2D eigenvalue weighted by Crippen LogP contribution is -2.42. The molecule has 1 aromatic rings. The van der Waals surface area contributed by atoms with E-state index in [2.05, 4.69) is 11.0 Å². The molecule has 2 aliphatic rings. The number of phenolic OH excluding ortho intramolecular Hbond substituents is 1. The summed E-state index contributed by atoms with van der Waals surface area (Å²) < 4.78 is 0. The molecule has 0 amide bonds. The largest absolute Gasteiger partial charge is 0.508 e. The van der Waals surface area contributed by atoms with Crippen LogP contribution in [0.4, 0.5) is 0 Å². The predicted octanol–water partition coefficient (Wildman–Crippen LogP) is 1.37. The molecule has 3 heteroatoms. The number of rotatable bonds is 0. The van der Waals surface area contributed by atoms with Gasteiger partial charge in [0.05, 0.1) is 0 Å². The quantitative estimate of drug-likeness (QED) is 0.671. The first-order valence-corrected chi connectivity index (χ1v) is 5.58. The zero-order chi connectivity index (χ0) is 10.4. The van der Waals surface area contributed by atoms with E-state index in [-0.39, 0.29) is 6.04 Å². The van der Waals surface area contributed by atoms with E-state index in [0.29, 0.717) is 11.8 Å². The van der Waals surface area contributed by atoms with Gasteiger partial charge in [-0.3, -0.25) is 4.90 Å². The van der Waals surface area contributed by atoms with Crippen LogP contribution in [-0.2, 0) is 6.54 Å². The van der Waals surface area contributed by atoms with E-state index in [1.807, 2.05) is 6.07 Å². The lowest BCUT2D eigenvalue weighted by molar-refractivity contribution is 0.195. The van der Waals surface area contributed by atoms with Gasteiger partial charge in [0.2, 0.25) is 0 Å². The average Bonchev–Trinajstić information content (AvgIpc) is 2.66. The van der Waals surface area contributed by atoms with Crippen LogP contribution in [0.5, 0.6) is 5.75 Å². The topological polar surface area (TPSA) is 49.5 Å². The third kappa shape index (κ3) is 1.27. The molecule has 2 atom stereocenters. The maximum Gasteiger partial charge on any atom is 0.120 e. The summed E-state index contributed by atoms with van der Waals surface area (Å²) in [7, 11) is 0. The summed E-state index contributed by atoms with van der Waals surface area (Å²) in [5, 5.41) is 9.85. The monoisotopic (exact) mass is 204 g/mol. The van der Waals surface area contributed by atoms with Crippen molar-refractivity contribution in [2.75, 3.05) is 6.54 Å². The summed E-state index contributed by atoms with van der Waals surface area (Å²) in [5.41, 5.74) is 8.40. The number of phenols is 1. The van der Waals surface area contributed by atoms with Crippen molar-refractivity contribution in [1.29, 1.82) is 0 Å². The number of hydrogen-bond donors (Lipinski definition) is 2. The van der Waals surface area contributed by atoms with Gasteiger partial charge in [0.15, 0.2) is 0 Å². The minimum absolute atomic E-state index is 0.0163. The molecule has 3 N–H and O–H groups in total. The maximum absolute atomic E-state index is 9.85. The van der Waals surface area contributed by atoms with Gasteiger partial charge in [-0.25, -0.2) is 0 Å². The molecule has 15 heavy (non-hydrogen) atoms. The van der Waals surface area contributed by atoms with Gasteiger partial charge in [0.25, 0.3) is 0 Å². The van der Waals surface area contributed by atoms with Crippen LogP contribution in [0.25, 0.3) is 0 Å². The summed E-state index contributed by atoms with van der Waals surface area (Å²) in [5.74, 6) is 0.367. The second kappa shape index (κ2) is 3.22. The molecule has 0 saturated carbocycles. The van der Waals surface area contributed by atoms with E-state index in [0.717, 1.165) is 25.1 Å². The van der Waals surface area contributed by atoms with Crippen molar-refractivity contribution in [3.63, 3.8) is 0 Å². The zero-order valence-corrected chi connectivity index (χ0v) is 8.69. The minimum Gasteiger partial charge on any atom is -0.508 e. The molecular weight excluding hydrogens is 188 g/mol. The highest BCUT2D eigenvalue weighted by molar-refractivity contribution is 5.44. The summed E-state index contributed by atoms with van der Waals surface area (Å²) >= 11 is 0. The Morgan fingerprint density at radius 3 is 3.13 bits per heavy atom. The highest BCUT2D eigenvalue weighted by atomic mass is 16.3. The molecule has 3 nitrogen and oxygen atoms in total. The van der Waals surface area contributed by atoms with Crippen LogP contribution in [0, 0.1) is 0 Å². The molecule has 80 valence electrons. The van der Waals surface area contributed by atoms with E-state index >= 15 is 0 Å². The number of nitrogens with zero attached hydrogens (tertiary/aromatic N) is 1. The maximum atomic E-state index is 9.85. The smallest absolute Gasteiger partial charge is 0.120 e. The van der Waals surface area contributed by atoms with Gasteiger partial charge in [-0.05, 0) is 31.0 Å². The van der Waals surface area contributed by atoms with Crippen molar-refractivity contribution in [3.8, 4) is 5.75 Å². The first kappa shape index (κ1) is 9.19. The lowest BCUT2D eigenvalue weighted by atomic mass is 9.89. The number of nitrogens with two attached hydrogens (primary N) is 1. The predicted molar refractivity (Wildman–Crippen MR) is 58.5 cm³/mol. The Morgan fingerprint density at radius 2 is 2.27 bits per heavy atom. The molecular formula is C12H16N2O. The summed E-state index contributed by atoms with van der Waals surface area (Å²) in [6, 6.07) is 6.13. The Labute approximate surface area is 89.5 Å². The van der Waals surface area contributed by atoms with E-state index in [1.165, 1.54) is 12.0 Å². The van der Waals surface area contributed by atoms with Crippen molar-refractivity contribution in [3.05, 3.63) is 29.3 Å². The van der Waals surface area contributed by atoms with E-state index in [4.69, 9.17) is 5.73 Å². The van der Waals surface area contributed by atoms with Crippen LogP contribution in [0.2, 0.25) is 0 Å². The SMILES string of the molecule is NC1c2c(O)cccc2CN2CCCC12. The zero-order valence-electron chi connectivity index (χ0n) is 8.69. The summed E-state index contributed by atoms with van der Waals surface area (Å²) in [6.07, 6.45) is 2.39. The van der Waals surface area contributed by atoms with Crippen LogP contribution in [0.1, 0.15) is 30.0 Å². The molecule has 0 spiro atoms. The number of fused-ring (bicyclic) bond motifs is 2. The fraction of sp³-hybridized carbons (Fsp3) is 0.500. The highest BCUT2D eigenvalue weighted by Gasteiger charge is 2.36. The fourth-order valence-corrected chi connectivity index (χ4v) is 2.99. The van der Waals surface area contributed by atoms with Crippen LogP contribution in [-0.4, -0.2) is 22.6 Å². The normalized spacial score (nSPS) is 29.9. The van der Waals surface area contributed by atoms with Gasteiger partial charge in [-0.15, -0.1) is 0 Å². The van der Waals surface area contributed by atoms with E-state index in [1.54, 1.807) is 6.07 Å². The first-order chi connectivity index (χ1) is 7.27. The summed E-state index contributed by atoms with van der Waals surface area (Å²) in [6.45, 7) is 2.09. The van der Waals surface area contributed by atoms with Crippen LogP contribution in [0.15, 0.2) is 18.2 Å². The Morgan fingerprint density at radius 1 is 1.40 bits per heavy atom. The van der Waals surface area contributed by atoms with Crippen LogP contribution >= 0.6 is 0 Å².